The molecule has 3 rings (SSSR count). The summed E-state index contributed by atoms with van der Waals surface area (Å²) in [6, 6.07) is 17.7. The minimum absolute atomic E-state index is 0.175. The highest BCUT2D eigenvalue weighted by atomic mass is 35.5. The number of ether oxygens (including phenoxy) is 1. The number of hydrogen-bond acceptors (Lipinski definition) is 4. The van der Waals surface area contributed by atoms with Gasteiger partial charge in [0.25, 0.3) is 5.91 Å². The first-order valence-electron chi connectivity index (χ1n) is 7.66. The minimum Gasteiger partial charge on any atom is -0.484 e. The number of nitrogens with zero attached hydrogens (tertiary/aromatic N) is 1. The predicted molar refractivity (Wildman–Crippen MR) is 102 cm³/mol. The zero-order valence-electron chi connectivity index (χ0n) is 13.5. The number of hydrogen-bond donors (Lipinski definition) is 1. The van der Waals surface area contributed by atoms with Crippen LogP contribution < -0.4 is 10.2 Å². The van der Waals surface area contributed by atoms with E-state index in [-0.39, 0.29) is 6.61 Å². The topological polar surface area (TPSA) is 63.8 Å². The zero-order chi connectivity index (χ0) is 18.4. The molecule has 0 unspecified atom stereocenters. The number of rotatable bonds is 6. The minimum atomic E-state index is -0.397. The normalized spacial score (nSPS) is 10.8. The first-order chi connectivity index (χ1) is 12.6. The van der Waals surface area contributed by atoms with Crippen LogP contribution in [0, 0.1) is 0 Å². The van der Waals surface area contributed by atoms with E-state index in [9.17, 15) is 4.79 Å². The van der Waals surface area contributed by atoms with Crippen molar-refractivity contribution in [1.29, 1.82) is 0 Å². The molecule has 0 aliphatic heterocycles. The van der Waals surface area contributed by atoms with Crippen LogP contribution in [-0.2, 0) is 4.79 Å². The molecule has 0 radical (unpaired) electrons. The van der Waals surface area contributed by atoms with E-state index < -0.39 is 5.91 Å². The predicted octanol–water partition coefficient (Wildman–Crippen LogP) is 4.78. The lowest BCUT2D eigenvalue weighted by atomic mass is 10.2. The molecule has 26 heavy (non-hydrogen) atoms. The summed E-state index contributed by atoms with van der Waals surface area (Å²) in [5.74, 6) is 1.30. The van der Waals surface area contributed by atoms with E-state index in [0.717, 1.165) is 5.56 Å². The smallest absolute Gasteiger partial charge is 0.277 e. The van der Waals surface area contributed by atoms with Crippen molar-refractivity contribution in [3.63, 3.8) is 0 Å². The van der Waals surface area contributed by atoms with E-state index in [0.29, 0.717) is 27.3 Å². The quantitative estimate of drug-likeness (QED) is 0.487. The van der Waals surface area contributed by atoms with Crippen molar-refractivity contribution in [2.75, 3.05) is 6.61 Å². The number of hydrazone groups is 1. The Morgan fingerprint density at radius 2 is 1.88 bits per heavy atom. The Morgan fingerprint density at radius 3 is 2.65 bits per heavy atom. The van der Waals surface area contributed by atoms with Crippen molar-refractivity contribution >= 4 is 35.3 Å². The van der Waals surface area contributed by atoms with Crippen LogP contribution in [0.1, 0.15) is 5.76 Å². The maximum atomic E-state index is 11.7. The molecule has 132 valence electrons. The van der Waals surface area contributed by atoms with Crippen molar-refractivity contribution in [1.82, 2.24) is 5.43 Å². The Kier molecular flexibility index (Phi) is 5.94. The van der Waals surface area contributed by atoms with Crippen LogP contribution in [0.15, 0.2) is 70.2 Å². The molecule has 0 fully saturated rings. The van der Waals surface area contributed by atoms with Crippen LogP contribution in [0.4, 0.5) is 0 Å². The molecule has 0 saturated heterocycles. The largest absolute Gasteiger partial charge is 0.484 e. The second kappa shape index (κ2) is 8.56. The van der Waals surface area contributed by atoms with E-state index in [1.54, 1.807) is 42.5 Å². The van der Waals surface area contributed by atoms with Crippen LogP contribution >= 0.6 is 23.2 Å². The van der Waals surface area contributed by atoms with Crippen molar-refractivity contribution in [3.05, 3.63) is 76.5 Å². The van der Waals surface area contributed by atoms with E-state index in [4.69, 9.17) is 32.4 Å². The lowest BCUT2D eigenvalue weighted by Crippen LogP contribution is -2.24. The van der Waals surface area contributed by atoms with Gasteiger partial charge in [0.15, 0.2) is 6.61 Å². The molecule has 3 aromatic rings. The Hall–Kier alpha value is -2.76. The fourth-order valence-electron chi connectivity index (χ4n) is 2.10. The molecule has 5 nitrogen and oxygen atoms in total. The van der Waals surface area contributed by atoms with E-state index in [1.165, 1.54) is 6.21 Å². The van der Waals surface area contributed by atoms with Gasteiger partial charge < -0.3 is 9.15 Å². The molecule has 0 aliphatic carbocycles. The first kappa shape index (κ1) is 18.0. The maximum absolute atomic E-state index is 11.7. The average molecular weight is 389 g/mol. The van der Waals surface area contributed by atoms with Crippen molar-refractivity contribution < 1.29 is 13.9 Å². The van der Waals surface area contributed by atoms with Crippen molar-refractivity contribution in [3.8, 4) is 17.1 Å². The SMILES string of the molecule is O=C(COc1cccc(Cl)c1)N/N=C\c1ccc(-c2ccc(Cl)cc2)o1. The van der Waals surface area contributed by atoms with Crippen molar-refractivity contribution in [2.45, 2.75) is 0 Å². The van der Waals surface area contributed by atoms with Gasteiger partial charge in [0, 0.05) is 15.6 Å². The molecular formula is C19H14Cl2N2O3. The number of halogens is 2. The summed E-state index contributed by atoms with van der Waals surface area (Å²) in [4.78, 5) is 11.7. The number of carbonyl (C=O) groups excluding carboxylic acids is 1. The summed E-state index contributed by atoms with van der Waals surface area (Å²) in [5, 5.41) is 5.04. The zero-order valence-corrected chi connectivity index (χ0v) is 15.0. The number of furan rings is 1. The standard InChI is InChI=1S/C19H14Cl2N2O3/c20-14-6-4-13(5-7-14)18-9-8-17(26-18)11-22-23-19(24)12-25-16-3-1-2-15(21)10-16/h1-11H,12H2,(H,23,24)/b22-11-. The molecule has 0 atom stereocenters. The van der Waals surface area contributed by atoms with E-state index in [1.807, 2.05) is 18.2 Å². The molecule has 0 saturated carbocycles. The Labute approximate surface area is 160 Å². The highest BCUT2D eigenvalue weighted by Crippen LogP contribution is 2.23. The third-order valence-corrected chi connectivity index (χ3v) is 3.79. The van der Waals surface area contributed by atoms with Gasteiger partial charge in [-0.25, -0.2) is 5.43 Å². The summed E-state index contributed by atoms with van der Waals surface area (Å²) in [6.45, 7) is -0.175. The fraction of sp³-hybridized carbons (Fsp3) is 0.0526. The highest BCUT2D eigenvalue weighted by Gasteiger charge is 2.04. The van der Waals surface area contributed by atoms with Crippen LogP contribution in [0.25, 0.3) is 11.3 Å². The molecular weight excluding hydrogens is 375 g/mol. The van der Waals surface area contributed by atoms with Crippen molar-refractivity contribution in [2.24, 2.45) is 5.10 Å². The maximum Gasteiger partial charge on any atom is 0.277 e. The molecule has 1 heterocycles. The van der Waals surface area contributed by atoms with Gasteiger partial charge in [-0.2, -0.15) is 5.10 Å². The van der Waals surface area contributed by atoms with Gasteiger partial charge in [-0.15, -0.1) is 0 Å². The number of carbonyl (C=O) groups is 1. The molecule has 1 amide bonds. The number of benzene rings is 2. The lowest BCUT2D eigenvalue weighted by Gasteiger charge is -2.04. The highest BCUT2D eigenvalue weighted by molar-refractivity contribution is 6.30. The van der Waals surface area contributed by atoms with Gasteiger partial charge >= 0.3 is 0 Å². The summed E-state index contributed by atoms with van der Waals surface area (Å²) in [7, 11) is 0. The molecule has 7 heteroatoms. The van der Waals surface area contributed by atoms with Gasteiger partial charge in [-0.3, -0.25) is 4.79 Å². The second-order valence-electron chi connectivity index (χ2n) is 5.25. The molecule has 1 N–H and O–H groups in total. The fourth-order valence-corrected chi connectivity index (χ4v) is 2.40. The molecule has 0 spiro atoms. The molecule has 1 aromatic heterocycles. The van der Waals surface area contributed by atoms with Crippen LogP contribution in [0.2, 0.25) is 10.0 Å². The first-order valence-corrected chi connectivity index (χ1v) is 8.42. The second-order valence-corrected chi connectivity index (χ2v) is 6.12. The van der Waals surface area contributed by atoms with Gasteiger partial charge in [0.2, 0.25) is 0 Å². The third kappa shape index (κ3) is 5.12. The molecule has 0 aliphatic rings. The summed E-state index contributed by atoms with van der Waals surface area (Å²) < 4.78 is 11.0. The Balaban J connectivity index is 1.50. The molecule has 0 bridgehead atoms. The Bertz CT molecular complexity index is 921. The van der Waals surface area contributed by atoms with E-state index >= 15 is 0 Å². The Morgan fingerprint density at radius 1 is 1.08 bits per heavy atom. The summed E-state index contributed by atoms with van der Waals surface area (Å²) in [5.41, 5.74) is 3.26. The number of nitrogens with one attached hydrogen (secondary N) is 1. The third-order valence-electron chi connectivity index (χ3n) is 3.30. The van der Waals surface area contributed by atoms with E-state index in [2.05, 4.69) is 10.5 Å². The van der Waals surface area contributed by atoms with Crippen LogP contribution in [0.3, 0.4) is 0 Å². The average Bonchev–Trinajstić information content (AvgIpc) is 3.09. The summed E-state index contributed by atoms with van der Waals surface area (Å²) in [6.07, 6.45) is 1.41. The van der Waals surface area contributed by atoms with Gasteiger partial charge in [0.1, 0.15) is 17.3 Å². The summed E-state index contributed by atoms with van der Waals surface area (Å²) >= 11 is 11.7. The van der Waals surface area contributed by atoms with Gasteiger partial charge in [0.05, 0.1) is 6.21 Å². The van der Waals surface area contributed by atoms with Gasteiger partial charge in [-0.05, 0) is 54.6 Å². The van der Waals surface area contributed by atoms with Crippen LogP contribution in [0.5, 0.6) is 5.75 Å². The monoisotopic (exact) mass is 388 g/mol. The van der Waals surface area contributed by atoms with Gasteiger partial charge in [-0.1, -0.05) is 29.3 Å². The number of amides is 1. The van der Waals surface area contributed by atoms with Crippen LogP contribution in [-0.4, -0.2) is 18.7 Å². The lowest BCUT2D eigenvalue weighted by molar-refractivity contribution is -0.123. The molecule has 2 aromatic carbocycles.